The van der Waals surface area contributed by atoms with Crippen LogP contribution in [0.1, 0.15) is 11.3 Å². The zero-order valence-corrected chi connectivity index (χ0v) is 19.7. The monoisotopic (exact) mass is 494 g/mol. The summed E-state index contributed by atoms with van der Waals surface area (Å²) in [6.45, 7) is 3.67. The summed E-state index contributed by atoms with van der Waals surface area (Å²) in [5.41, 5.74) is 3.71. The van der Waals surface area contributed by atoms with Crippen LogP contribution in [0.5, 0.6) is 0 Å². The normalized spacial score (nSPS) is 11.9. The molecule has 182 valence electrons. The summed E-state index contributed by atoms with van der Waals surface area (Å²) in [4.78, 5) is 27.9. The summed E-state index contributed by atoms with van der Waals surface area (Å²) in [6, 6.07) is 18.2. The third-order valence-corrected chi connectivity index (χ3v) is 6.28. The van der Waals surface area contributed by atoms with Gasteiger partial charge in [-0.1, -0.05) is 48.5 Å². The number of carboxylic acid groups (broad SMARTS) is 1. The molecule has 3 aromatic rings. The number of sulfonamides is 1. The first-order valence-corrected chi connectivity index (χ1v) is 12.4. The van der Waals surface area contributed by atoms with Gasteiger partial charge in [-0.3, -0.25) is 9.78 Å². The Bertz CT molecular complexity index is 1280. The van der Waals surface area contributed by atoms with Crippen LogP contribution in [0, 0.1) is 0 Å². The molecule has 4 N–H and O–H groups in total. The smallest absolute Gasteiger partial charge is 0.322 e. The molecule has 9 nitrogen and oxygen atoms in total. The van der Waals surface area contributed by atoms with Crippen LogP contribution in [0.4, 0.5) is 10.5 Å². The summed E-state index contributed by atoms with van der Waals surface area (Å²) < 4.78 is 26.0. The Hall–Kier alpha value is -4.02. The van der Waals surface area contributed by atoms with Crippen molar-refractivity contribution in [2.75, 3.05) is 11.1 Å². The van der Waals surface area contributed by atoms with Crippen molar-refractivity contribution in [1.82, 2.24) is 15.0 Å². The fourth-order valence-electron chi connectivity index (χ4n) is 3.29. The predicted molar refractivity (Wildman–Crippen MR) is 134 cm³/mol. The molecule has 1 heterocycles. The van der Waals surface area contributed by atoms with Gasteiger partial charge in [-0.2, -0.15) is 0 Å². The summed E-state index contributed by atoms with van der Waals surface area (Å²) in [6.07, 6.45) is 2.85. The fraction of sp³-hybridized carbons (Fsp3) is 0.160. The van der Waals surface area contributed by atoms with Crippen LogP contribution in [-0.2, 0) is 27.8 Å². The number of carbonyl (C=O) groups is 2. The fourth-order valence-corrected chi connectivity index (χ4v) is 4.32. The number of hydrogen-bond donors (Lipinski definition) is 4. The number of pyridine rings is 1. The van der Waals surface area contributed by atoms with Crippen molar-refractivity contribution < 1.29 is 23.1 Å². The molecular formula is C25H26N4O5S. The molecule has 0 aliphatic heterocycles. The molecule has 35 heavy (non-hydrogen) atoms. The van der Waals surface area contributed by atoms with Crippen LogP contribution < -0.4 is 15.4 Å². The van der Waals surface area contributed by atoms with Crippen molar-refractivity contribution in [2.24, 2.45) is 0 Å². The third kappa shape index (κ3) is 8.05. The Kier molecular flexibility index (Phi) is 8.71. The van der Waals surface area contributed by atoms with E-state index >= 15 is 0 Å². The molecule has 0 saturated heterocycles. The van der Waals surface area contributed by atoms with Crippen LogP contribution in [-0.4, -0.2) is 42.3 Å². The molecule has 0 saturated carbocycles. The van der Waals surface area contributed by atoms with Gasteiger partial charge in [0.2, 0.25) is 10.0 Å². The summed E-state index contributed by atoms with van der Waals surface area (Å²) in [7, 11) is -3.77. The number of anilines is 1. The van der Waals surface area contributed by atoms with E-state index in [2.05, 4.69) is 26.9 Å². The number of rotatable bonds is 11. The average Bonchev–Trinajstić information content (AvgIpc) is 2.83. The highest BCUT2D eigenvalue weighted by atomic mass is 32.2. The minimum atomic E-state index is -3.77. The number of benzene rings is 2. The largest absolute Gasteiger partial charge is 0.480 e. The molecule has 1 atom stereocenters. The number of hydrogen-bond acceptors (Lipinski definition) is 5. The first-order valence-electron chi connectivity index (χ1n) is 10.7. The number of aliphatic carboxylic acids is 1. The van der Waals surface area contributed by atoms with Gasteiger partial charge in [0, 0.05) is 11.9 Å². The third-order valence-electron chi connectivity index (χ3n) is 4.96. The van der Waals surface area contributed by atoms with Crippen molar-refractivity contribution in [3.05, 3.63) is 96.8 Å². The van der Waals surface area contributed by atoms with Crippen LogP contribution in [0.2, 0.25) is 0 Å². The standard InChI is InChI=1S/C25H26N4O5S/c1-2-14-35(33,34)29-23(24(30)31)15-18-9-11-19(12-10-18)20-6-5-8-21(16-20)28-25(32)27-17-22-7-3-4-13-26-22/h2-13,16,23,29H,1,14-15,17H2,(H,30,31)(H2,27,28,32)/t23-/m0/s1. The molecule has 0 aliphatic carbocycles. The average molecular weight is 495 g/mol. The highest BCUT2D eigenvalue weighted by molar-refractivity contribution is 7.89. The Labute approximate surface area is 204 Å². The second kappa shape index (κ2) is 11.9. The molecule has 3 rings (SSSR count). The maximum Gasteiger partial charge on any atom is 0.322 e. The van der Waals surface area contributed by atoms with Gasteiger partial charge in [-0.15, -0.1) is 6.58 Å². The molecule has 0 fully saturated rings. The van der Waals surface area contributed by atoms with Gasteiger partial charge >= 0.3 is 12.0 Å². The van der Waals surface area contributed by atoms with Crippen LogP contribution >= 0.6 is 0 Å². The maximum absolute atomic E-state index is 12.2. The Morgan fingerprint density at radius 3 is 2.46 bits per heavy atom. The van der Waals surface area contributed by atoms with Crippen LogP contribution in [0.15, 0.2) is 85.6 Å². The molecule has 0 bridgehead atoms. The van der Waals surface area contributed by atoms with Crippen molar-refractivity contribution in [2.45, 2.75) is 19.0 Å². The molecule has 2 aromatic carbocycles. The highest BCUT2D eigenvalue weighted by Crippen LogP contribution is 2.23. The number of carboxylic acids is 1. The van der Waals surface area contributed by atoms with Gasteiger partial charge in [-0.25, -0.2) is 17.9 Å². The lowest BCUT2D eigenvalue weighted by Gasteiger charge is -2.14. The summed E-state index contributed by atoms with van der Waals surface area (Å²) in [5.74, 6) is -1.62. The van der Waals surface area contributed by atoms with Gasteiger partial charge in [0.25, 0.3) is 0 Å². The number of carbonyl (C=O) groups excluding carboxylic acids is 1. The number of amides is 2. The van der Waals surface area contributed by atoms with E-state index in [1.54, 1.807) is 30.5 Å². The molecule has 0 spiro atoms. The van der Waals surface area contributed by atoms with E-state index in [-0.39, 0.29) is 18.2 Å². The van der Waals surface area contributed by atoms with Crippen molar-refractivity contribution in [1.29, 1.82) is 0 Å². The SMILES string of the molecule is C=CCS(=O)(=O)N[C@@H](Cc1ccc(-c2cccc(NC(=O)NCc3ccccn3)c2)cc1)C(=O)O. The van der Waals surface area contributed by atoms with Gasteiger partial charge in [0.1, 0.15) is 6.04 Å². The Balaban J connectivity index is 1.63. The minimum Gasteiger partial charge on any atom is -0.480 e. The highest BCUT2D eigenvalue weighted by Gasteiger charge is 2.23. The van der Waals surface area contributed by atoms with Crippen LogP contribution in [0.3, 0.4) is 0 Å². The number of nitrogens with zero attached hydrogens (tertiary/aromatic N) is 1. The molecule has 0 aliphatic rings. The zero-order valence-electron chi connectivity index (χ0n) is 18.8. The Morgan fingerprint density at radius 2 is 1.80 bits per heavy atom. The first-order chi connectivity index (χ1) is 16.8. The van der Waals surface area contributed by atoms with Crippen molar-refractivity contribution >= 4 is 27.7 Å². The van der Waals surface area contributed by atoms with E-state index in [0.717, 1.165) is 16.8 Å². The van der Waals surface area contributed by atoms with Gasteiger partial charge in [0.05, 0.1) is 18.0 Å². The maximum atomic E-state index is 12.2. The topological polar surface area (TPSA) is 137 Å². The molecular weight excluding hydrogens is 468 g/mol. The van der Waals surface area contributed by atoms with Gasteiger partial charge in [-0.05, 0) is 47.4 Å². The van der Waals surface area contributed by atoms with Crippen LogP contribution in [0.25, 0.3) is 11.1 Å². The molecule has 2 amide bonds. The summed E-state index contributed by atoms with van der Waals surface area (Å²) >= 11 is 0. The molecule has 10 heteroatoms. The van der Waals surface area contributed by atoms with E-state index in [0.29, 0.717) is 17.8 Å². The summed E-state index contributed by atoms with van der Waals surface area (Å²) in [5, 5.41) is 14.9. The molecule has 0 unspecified atom stereocenters. The van der Waals surface area contributed by atoms with E-state index in [4.69, 9.17) is 0 Å². The van der Waals surface area contributed by atoms with Gasteiger partial charge in [0.15, 0.2) is 0 Å². The lowest BCUT2D eigenvalue weighted by molar-refractivity contribution is -0.138. The van der Waals surface area contributed by atoms with Crippen molar-refractivity contribution in [3.63, 3.8) is 0 Å². The zero-order chi connectivity index (χ0) is 25.3. The molecule has 0 radical (unpaired) electrons. The lowest BCUT2D eigenvalue weighted by Crippen LogP contribution is -2.43. The lowest BCUT2D eigenvalue weighted by atomic mass is 10.0. The quantitative estimate of drug-likeness (QED) is 0.302. The second-order valence-corrected chi connectivity index (χ2v) is 9.49. The van der Waals surface area contributed by atoms with E-state index in [1.807, 2.05) is 42.5 Å². The van der Waals surface area contributed by atoms with E-state index < -0.39 is 22.0 Å². The van der Waals surface area contributed by atoms with Gasteiger partial charge < -0.3 is 15.7 Å². The second-order valence-electron chi connectivity index (χ2n) is 7.69. The number of urea groups is 1. The predicted octanol–water partition coefficient (Wildman–Crippen LogP) is 3.17. The van der Waals surface area contributed by atoms with Crippen molar-refractivity contribution in [3.8, 4) is 11.1 Å². The first kappa shape index (κ1) is 25.6. The minimum absolute atomic E-state index is 0.00990. The number of nitrogens with one attached hydrogen (secondary N) is 3. The number of aromatic nitrogens is 1. The Morgan fingerprint density at radius 1 is 1.03 bits per heavy atom. The van der Waals surface area contributed by atoms with E-state index in [1.165, 1.54) is 6.08 Å². The van der Waals surface area contributed by atoms with E-state index in [9.17, 15) is 23.1 Å². The molecule has 1 aromatic heterocycles.